The van der Waals surface area contributed by atoms with Gasteiger partial charge in [-0.2, -0.15) is 0 Å². The van der Waals surface area contributed by atoms with Crippen LogP contribution in [0, 0.1) is 10.1 Å². The SMILES string of the molecule is O=[N+]([O-])c1cccnc1Oc1ccc2[nH]cc(C3=CCNCC3)c2c1. The number of fused-ring (bicyclic) bond motifs is 1. The molecule has 3 heterocycles. The molecule has 0 aliphatic carbocycles. The van der Waals surface area contributed by atoms with Crippen molar-refractivity contribution in [3.05, 3.63) is 64.5 Å². The van der Waals surface area contributed by atoms with Crippen LogP contribution >= 0.6 is 0 Å². The second-order valence-electron chi connectivity index (χ2n) is 5.78. The fourth-order valence-corrected chi connectivity index (χ4v) is 3.01. The minimum absolute atomic E-state index is 0.00924. The van der Waals surface area contributed by atoms with Crippen molar-refractivity contribution in [1.29, 1.82) is 0 Å². The Balaban J connectivity index is 1.72. The van der Waals surface area contributed by atoms with E-state index in [4.69, 9.17) is 4.74 Å². The number of aromatic amines is 1. The van der Waals surface area contributed by atoms with Crippen molar-refractivity contribution in [2.24, 2.45) is 0 Å². The topological polar surface area (TPSA) is 93.1 Å². The monoisotopic (exact) mass is 336 g/mol. The van der Waals surface area contributed by atoms with Crippen molar-refractivity contribution in [1.82, 2.24) is 15.3 Å². The molecule has 0 atom stereocenters. The molecule has 126 valence electrons. The molecule has 7 nitrogen and oxygen atoms in total. The van der Waals surface area contributed by atoms with Crippen LogP contribution in [0.3, 0.4) is 0 Å². The zero-order valence-electron chi connectivity index (χ0n) is 13.4. The molecule has 25 heavy (non-hydrogen) atoms. The normalized spacial score (nSPS) is 14.3. The molecular weight excluding hydrogens is 320 g/mol. The highest BCUT2D eigenvalue weighted by molar-refractivity contribution is 5.93. The molecule has 2 N–H and O–H groups in total. The van der Waals surface area contributed by atoms with Crippen LogP contribution in [0.1, 0.15) is 12.0 Å². The largest absolute Gasteiger partial charge is 0.434 e. The summed E-state index contributed by atoms with van der Waals surface area (Å²) < 4.78 is 5.69. The number of nitrogens with zero attached hydrogens (tertiary/aromatic N) is 2. The molecule has 0 fully saturated rings. The summed E-state index contributed by atoms with van der Waals surface area (Å²) in [6, 6.07) is 8.47. The van der Waals surface area contributed by atoms with Crippen LogP contribution in [0.15, 0.2) is 48.8 Å². The number of nitrogens with one attached hydrogen (secondary N) is 2. The van der Waals surface area contributed by atoms with Gasteiger partial charge in [-0.25, -0.2) is 4.98 Å². The Kier molecular flexibility index (Phi) is 3.91. The van der Waals surface area contributed by atoms with E-state index in [1.54, 1.807) is 6.07 Å². The summed E-state index contributed by atoms with van der Waals surface area (Å²) in [6.07, 6.45) is 6.62. The summed E-state index contributed by atoms with van der Waals surface area (Å²) in [6.45, 7) is 1.81. The molecule has 0 amide bonds. The van der Waals surface area contributed by atoms with Gasteiger partial charge in [0.15, 0.2) is 0 Å². The maximum atomic E-state index is 11.1. The lowest BCUT2D eigenvalue weighted by Crippen LogP contribution is -2.19. The van der Waals surface area contributed by atoms with E-state index >= 15 is 0 Å². The first kappa shape index (κ1) is 15.3. The molecule has 0 unspecified atom stereocenters. The molecule has 1 aromatic carbocycles. The number of rotatable bonds is 4. The van der Waals surface area contributed by atoms with Gasteiger partial charge < -0.3 is 15.0 Å². The summed E-state index contributed by atoms with van der Waals surface area (Å²) in [5, 5.41) is 15.4. The molecule has 3 aromatic rings. The number of pyridine rings is 1. The van der Waals surface area contributed by atoms with Crippen molar-refractivity contribution in [3.8, 4) is 11.6 Å². The number of nitro groups is 1. The first-order valence-corrected chi connectivity index (χ1v) is 8.01. The Labute approximate surface area is 143 Å². The van der Waals surface area contributed by atoms with Crippen LogP contribution in [-0.2, 0) is 0 Å². The van der Waals surface area contributed by atoms with Crippen LogP contribution in [0.25, 0.3) is 16.5 Å². The summed E-state index contributed by atoms with van der Waals surface area (Å²) in [7, 11) is 0. The second kappa shape index (κ2) is 6.37. The summed E-state index contributed by atoms with van der Waals surface area (Å²) >= 11 is 0. The maximum absolute atomic E-state index is 11.1. The van der Waals surface area contributed by atoms with Gasteiger partial charge in [0, 0.05) is 41.5 Å². The first-order chi connectivity index (χ1) is 12.2. The number of aromatic nitrogens is 2. The third-order valence-electron chi connectivity index (χ3n) is 4.23. The highest BCUT2D eigenvalue weighted by Crippen LogP contribution is 2.33. The van der Waals surface area contributed by atoms with Crippen LogP contribution < -0.4 is 10.1 Å². The van der Waals surface area contributed by atoms with Crippen LogP contribution in [0.5, 0.6) is 11.6 Å². The van der Waals surface area contributed by atoms with Crippen molar-refractivity contribution in [2.75, 3.05) is 13.1 Å². The van der Waals surface area contributed by atoms with Crippen molar-refractivity contribution >= 4 is 22.2 Å². The zero-order chi connectivity index (χ0) is 17.2. The van der Waals surface area contributed by atoms with E-state index in [1.807, 2.05) is 18.3 Å². The van der Waals surface area contributed by atoms with E-state index in [0.717, 1.165) is 36.0 Å². The molecule has 0 bridgehead atoms. The average Bonchev–Trinajstić information content (AvgIpc) is 3.06. The number of hydrogen-bond donors (Lipinski definition) is 2. The van der Waals surface area contributed by atoms with Crippen LogP contribution in [-0.4, -0.2) is 28.0 Å². The summed E-state index contributed by atoms with van der Waals surface area (Å²) in [4.78, 5) is 17.9. The van der Waals surface area contributed by atoms with E-state index in [-0.39, 0.29) is 11.6 Å². The van der Waals surface area contributed by atoms with E-state index in [9.17, 15) is 10.1 Å². The number of H-pyrrole nitrogens is 1. The van der Waals surface area contributed by atoms with Crippen molar-refractivity contribution < 1.29 is 9.66 Å². The van der Waals surface area contributed by atoms with Gasteiger partial charge in [0.25, 0.3) is 5.88 Å². The van der Waals surface area contributed by atoms with Gasteiger partial charge in [-0.1, -0.05) is 6.08 Å². The number of ether oxygens (including phenoxy) is 1. The predicted molar refractivity (Wildman–Crippen MR) is 94.7 cm³/mol. The second-order valence-corrected chi connectivity index (χ2v) is 5.78. The lowest BCUT2D eigenvalue weighted by atomic mass is 10.00. The van der Waals surface area contributed by atoms with Gasteiger partial charge in [0.05, 0.1) is 4.92 Å². The molecule has 0 saturated heterocycles. The Morgan fingerprint density at radius 3 is 3.00 bits per heavy atom. The maximum Gasteiger partial charge on any atom is 0.331 e. The Morgan fingerprint density at radius 1 is 1.28 bits per heavy atom. The van der Waals surface area contributed by atoms with Gasteiger partial charge in [-0.15, -0.1) is 0 Å². The minimum atomic E-state index is -0.498. The predicted octanol–water partition coefficient (Wildman–Crippen LogP) is 3.64. The van der Waals surface area contributed by atoms with Gasteiger partial charge in [-0.3, -0.25) is 10.1 Å². The molecule has 2 aromatic heterocycles. The number of benzene rings is 1. The summed E-state index contributed by atoms with van der Waals surface area (Å²) in [5.41, 5.74) is 3.26. The van der Waals surface area contributed by atoms with Crippen LogP contribution in [0.4, 0.5) is 5.69 Å². The first-order valence-electron chi connectivity index (χ1n) is 8.01. The Hall–Kier alpha value is -3.19. The van der Waals surface area contributed by atoms with E-state index in [0.29, 0.717) is 5.75 Å². The van der Waals surface area contributed by atoms with E-state index in [2.05, 4.69) is 21.4 Å². The van der Waals surface area contributed by atoms with Gasteiger partial charge in [-0.05, 0) is 42.8 Å². The molecule has 4 rings (SSSR count). The van der Waals surface area contributed by atoms with Crippen LogP contribution in [0.2, 0.25) is 0 Å². The lowest BCUT2D eigenvalue weighted by Gasteiger charge is -2.13. The quantitative estimate of drug-likeness (QED) is 0.560. The zero-order valence-corrected chi connectivity index (χ0v) is 13.4. The highest BCUT2D eigenvalue weighted by Gasteiger charge is 2.17. The minimum Gasteiger partial charge on any atom is -0.434 e. The van der Waals surface area contributed by atoms with E-state index < -0.39 is 4.92 Å². The average molecular weight is 336 g/mol. The third kappa shape index (κ3) is 2.97. The Bertz CT molecular complexity index is 977. The van der Waals surface area contributed by atoms with Crippen molar-refractivity contribution in [3.63, 3.8) is 0 Å². The molecule has 0 spiro atoms. The fourth-order valence-electron chi connectivity index (χ4n) is 3.01. The molecule has 7 heteroatoms. The Morgan fingerprint density at radius 2 is 2.20 bits per heavy atom. The lowest BCUT2D eigenvalue weighted by molar-refractivity contribution is -0.386. The molecule has 0 saturated carbocycles. The molecule has 1 aliphatic heterocycles. The third-order valence-corrected chi connectivity index (χ3v) is 4.23. The van der Waals surface area contributed by atoms with Gasteiger partial charge >= 0.3 is 5.69 Å². The molecular formula is C18H16N4O3. The van der Waals surface area contributed by atoms with Gasteiger partial charge in [0.1, 0.15) is 5.75 Å². The fraction of sp³-hybridized carbons (Fsp3) is 0.167. The van der Waals surface area contributed by atoms with Crippen molar-refractivity contribution in [2.45, 2.75) is 6.42 Å². The highest BCUT2D eigenvalue weighted by atomic mass is 16.6. The molecule has 1 aliphatic rings. The van der Waals surface area contributed by atoms with E-state index in [1.165, 1.54) is 23.9 Å². The number of hydrogen-bond acceptors (Lipinski definition) is 5. The standard InChI is InChI=1S/C18H16N4O3/c23-22(24)17-2-1-7-20-18(17)25-13-3-4-16-14(10-13)15(11-21-16)12-5-8-19-9-6-12/h1-5,7,10-11,19,21H,6,8-9H2. The summed E-state index contributed by atoms with van der Waals surface area (Å²) in [5.74, 6) is 0.509. The smallest absolute Gasteiger partial charge is 0.331 e. The van der Waals surface area contributed by atoms with Gasteiger partial charge in [0.2, 0.25) is 0 Å². The molecule has 0 radical (unpaired) electrons.